The molecule has 0 aliphatic rings. The molecule has 1 aromatic carbocycles. The highest BCUT2D eigenvalue weighted by molar-refractivity contribution is 6.05. The third-order valence-electron chi connectivity index (χ3n) is 3.65. The third-order valence-corrected chi connectivity index (χ3v) is 3.65. The first-order valence-electron chi connectivity index (χ1n) is 8.60. The Bertz CT molecular complexity index is 1080. The summed E-state index contributed by atoms with van der Waals surface area (Å²) < 4.78 is 51.7. The number of rotatable bonds is 9. The molecule has 0 unspecified atom stereocenters. The van der Waals surface area contributed by atoms with Gasteiger partial charge in [-0.05, 0) is 37.1 Å². The lowest BCUT2D eigenvalue weighted by molar-refractivity contribution is -0.274. The van der Waals surface area contributed by atoms with Crippen molar-refractivity contribution in [2.24, 2.45) is 10.7 Å². The highest BCUT2D eigenvalue weighted by Crippen LogP contribution is 2.35. The molecule has 9 nitrogen and oxygen atoms in total. The number of alkyl halides is 3. The van der Waals surface area contributed by atoms with Crippen LogP contribution in [0.5, 0.6) is 17.2 Å². The van der Waals surface area contributed by atoms with Crippen LogP contribution in [0.2, 0.25) is 0 Å². The van der Waals surface area contributed by atoms with Gasteiger partial charge < -0.3 is 25.3 Å². The van der Waals surface area contributed by atoms with E-state index in [2.05, 4.69) is 33.3 Å². The highest BCUT2D eigenvalue weighted by atomic mass is 19.4. The second kappa shape index (κ2) is 10.1. The van der Waals surface area contributed by atoms with Crippen LogP contribution in [0.1, 0.15) is 10.5 Å². The minimum absolute atomic E-state index is 0.0502. The van der Waals surface area contributed by atoms with Crippen LogP contribution in [0.3, 0.4) is 0 Å². The molecular weight excluding hydrogens is 433 g/mol. The number of carbonyl (C=O) groups excluding carboxylic acids is 2. The average molecular weight is 450 g/mol. The fourth-order valence-corrected chi connectivity index (χ4v) is 2.33. The normalized spacial score (nSPS) is 11.6. The number of ether oxygens (including phenoxy) is 3. The summed E-state index contributed by atoms with van der Waals surface area (Å²) in [6.07, 6.45) is -2.48. The number of methoxy groups -OCH3 is 1. The fourth-order valence-electron chi connectivity index (χ4n) is 2.33. The number of carbonyl (C=O) groups is 2. The Morgan fingerprint density at radius 1 is 1.22 bits per heavy atom. The smallest absolute Gasteiger partial charge is 0.493 e. The minimum Gasteiger partial charge on any atom is -0.493 e. The van der Waals surface area contributed by atoms with Gasteiger partial charge in [0.05, 0.1) is 7.11 Å². The van der Waals surface area contributed by atoms with Crippen molar-refractivity contribution in [2.75, 3.05) is 12.4 Å². The lowest BCUT2D eigenvalue weighted by Crippen LogP contribution is -2.18. The lowest BCUT2D eigenvalue weighted by atomic mass is 10.2. The highest BCUT2D eigenvalue weighted by Gasteiger charge is 2.31. The van der Waals surface area contributed by atoms with E-state index >= 15 is 0 Å². The number of nitrogens with two attached hydrogens (primary N) is 1. The molecule has 12 heteroatoms. The number of halogens is 3. The number of aromatic nitrogens is 1. The number of pyridine rings is 1. The zero-order valence-electron chi connectivity index (χ0n) is 16.6. The summed E-state index contributed by atoms with van der Waals surface area (Å²) in [5.74, 6) is -2.45. The number of hydrogen-bond acceptors (Lipinski definition) is 7. The van der Waals surface area contributed by atoms with E-state index in [4.69, 9.17) is 15.2 Å². The Balaban J connectivity index is 2.33. The van der Waals surface area contributed by atoms with E-state index in [1.54, 1.807) is 0 Å². The maximum atomic E-state index is 12.6. The van der Waals surface area contributed by atoms with Gasteiger partial charge in [0.15, 0.2) is 23.0 Å². The number of amides is 2. The van der Waals surface area contributed by atoms with E-state index in [0.29, 0.717) is 0 Å². The Hall–Kier alpha value is -4.35. The SMILES string of the molecule is C=C/C(Oc1ccc(OC(F)(F)F)cc1OC)=C(\N=C)C(=O)Nc1ccnc(C(N)=O)c1. The van der Waals surface area contributed by atoms with Crippen molar-refractivity contribution < 1.29 is 37.0 Å². The standard InChI is InChI=1S/C20H17F3N4O5/c1-4-14(31-15-6-5-12(10-16(15)30-3)32-20(21,22)23)17(25-2)19(29)27-11-7-8-26-13(9-11)18(24)28/h4-10H,1-2H2,3H3,(H2,24,28)(H,26,27,29)/b17-14+. The zero-order valence-corrected chi connectivity index (χ0v) is 16.6. The van der Waals surface area contributed by atoms with Gasteiger partial charge in [0.2, 0.25) is 0 Å². The van der Waals surface area contributed by atoms with Gasteiger partial charge in [0, 0.05) is 18.0 Å². The van der Waals surface area contributed by atoms with Gasteiger partial charge in [-0.15, -0.1) is 13.2 Å². The second-order valence-corrected chi connectivity index (χ2v) is 5.79. The molecule has 0 radical (unpaired) electrons. The Labute approximate surface area is 180 Å². The fraction of sp³-hybridized carbons (Fsp3) is 0.100. The Kier molecular flexibility index (Phi) is 7.56. The lowest BCUT2D eigenvalue weighted by Gasteiger charge is -2.15. The van der Waals surface area contributed by atoms with Gasteiger partial charge in [-0.1, -0.05) is 6.58 Å². The molecule has 32 heavy (non-hydrogen) atoms. The number of benzene rings is 1. The molecule has 1 aromatic heterocycles. The molecule has 0 fully saturated rings. The molecule has 2 aromatic rings. The number of nitrogens with zero attached hydrogens (tertiary/aromatic N) is 2. The minimum atomic E-state index is -4.89. The van der Waals surface area contributed by atoms with E-state index in [1.807, 2.05) is 0 Å². The summed E-state index contributed by atoms with van der Waals surface area (Å²) in [7, 11) is 1.20. The quantitative estimate of drug-likeness (QED) is 0.262. The van der Waals surface area contributed by atoms with Gasteiger partial charge in [0.1, 0.15) is 11.4 Å². The van der Waals surface area contributed by atoms with Crippen LogP contribution in [-0.4, -0.2) is 37.0 Å². The average Bonchev–Trinajstić information content (AvgIpc) is 2.73. The summed E-state index contributed by atoms with van der Waals surface area (Å²) >= 11 is 0. The molecule has 0 spiro atoms. The van der Waals surface area contributed by atoms with Crippen LogP contribution in [0.15, 0.2) is 65.6 Å². The molecule has 0 aliphatic carbocycles. The zero-order chi connectivity index (χ0) is 23.9. The number of anilines is 1. The van der Waals surface area contributed by atoms with E-state index in [9.17, 15) is 22.8 Å². The second-order valence-electron chi connectivity index (χ2n) is 5.79. The maximum absolute atomic E-state index is 12.6. The maximum Gasteiger partial charge on any atom is 0.573 e. The van der Waals surface area contributed by atoms with Crippen LogP contribution in [0.25, 0.3) is 0 Å². The van der Waals surface area contributed by atoms with Crippen molar-refractivity contribution in [3.8, 4) is 17.2 Å². The first-order chi connectivity index (χ1) is 15.1. The Morgan fingerprint density at radius 2 is 1.94 bits per heavy atom. The van der Waals surface area contributed by atoms with Crippen LogP contribution in [-0.2, 0) is 4.79 Å². The van der Waals surface area contributed by atoms with Crippen molar-refractivity contribution in [3.05, 3.63) is 66.3 Å². The van der Waals surface area contributed by atoms with Crippen LogP contribution < -0.4 is 25.3 Å². The van der Waals surface area contributed by atoms with Gasteiger partial charge in [-0.25, -0.2) is 0 Å². The predicted molar refractivity (Wildman–Crippen MR) is 108 cm³/mol. The molecule has 0 aliphatic heterocycles. The molecule has 2 rings (SSSR count). The molecule has 0 bridgehead atoms. The van der Waals surface area contributed by atoms with Crippen molar-refractivity contribution in [3.63, 3.8) is 0 Å². The van der Waals surface area contributed by atoms with Crippen molar-refractivity contribution in [1.82, 2.24) is 4.98 Å². The number of allylic oxidation sites excluding steroid dienone is 1. The summed E-state index contributed by atoms with van der Waals surface area (Å²) in [6.45, 7) is 6.86. The first kappa shape index (κ1) is 23.9. The number of hydrogen-bond donors (Lipinski definition) is 2. The molecular formula is C20H17F3N4O5. The topological polar surface area (TPSA) is 125 Å². The molecule has 0 saturated heterocycles. The van der Waals surface area contributed by atoms with Gasteiger partial charge >= 0.3 is 6.36 Å². The van der Waals surface area contributed by atoms with Crippen LogP contribution >= 0.6 is 0 Å². The van der Waals surface area contributed by atoms with E-state index < -0.39 is 23.9 Å². The van der Waals surface area contributed by atoms with E-state index in [1.165, 1.54) is 25.4 Å². The van der Waals surface area contributed by atoms with Gasteiger partial charge in [0.25, 0.3) is 11.8 Å². The van der Waals surface area contributed by atoms with Crippen molar-refractivity contribution in [1.29, 1.82) is 0 Å². The first-order valence-corrected chi connectivity index (χ1v) is 8.60. The predicted octanol–water partition coefficient (Wildman–Crippen LogP) is 3.20. The largest absolute Gasteiger partial charge is 0.573 e. The summed E-state index contributed by atoms with van der Waals surface area (Å²) in [4.78, 5) is 31.3. The molecule has 168 valence electrons. The molecule has 3 N–H and O–H groups in total. The molecule has 0 saturated carbocycles. The van der Waals surface area contributed by atoms with Crippen LogP contribution in [0, 0.1) is 0 Å². The monoisotopic (exact) mass is 450 g/mol. The molecule has 2 amide bonds. The van der Waals surface area contributed by atoms with E-state index in [0.717, 1.165) is 24.3 Å². The van der Waals surface area contributed by atoms with Gasteiger partial charge in [-0.2, -0.15) is 0 Å². The van der Waals surface area contributed by atoms with Crippen molar-refractivity contribution >= 4 is 24.2 Å². The number of aliphatic imine (C=N–C) groups is 1. The molecule has 0 atom stereocenters. The van der Waals surface area contributed by atoms with E-state index in [-0.39, 0.29) is 34.3 Å². The summed E-state index contributed by atoms with van der Waals surface area (Å²) in [5, 5.41) is 2.47. The van der Waals surface area contributed by atoms with Crippen LogP contribution in [0.4, 0.5) is 18.9 Å². The van der Waals surface area contributed by atoms with Crippen molar-refractivity contribution in [2.45, 2.75) is 6.36 Å². The van der Waals surface area contributed by atoms with Gasteiger partial charge in [-0.3, -0.25) is 19.6 Å². The number of nitrogens with one attached hydrogen (secondary N) is 1. The Morgan fingerprint density at radius 3 is 2.50 bits per heavy atom. The summed E-state index contributed by atoms with van der Waals surface area (Å²) in [6, 6.07) is 5.74. The third kappa shape index (κ3) is 6.32. The molecule has 1 heterocycles. The summed E-state index contributed by atoms with van der Waals surface area (Å²) in [5.41, 5.74) is 4.96. The number of primary amides is 1.